The van der Waals surface area contributed by atoms with Crippen molar-refractivity contribution in [3.63, 3.8) is 0 Å². The van der Waals surface area contributed by atoms with Crippen LogP contribution < -0.4 is 5.32 Å². The van der Waals surface area contributed by atoms with Crippen LogP contribution in [0.25, 0.3) is 0 Å². The molecule has 1 amide bonds. The number of aryl methyl sites for hydroxylation is 1. The Balaban J connectivity index is 1.91. The first kappa shape index (κ1) is 14.7. The van der Waals surface area contributed by atoms with Crippen LogP contribution in [0.5, 0.6) is 0 Å². The second kappa shape index (κ2) is 6.65. The third-order valence-electron chi connectivity index (χ3n) is 3.03. The predicted molar refractivity (Wildman–Crippen MR) is 78.4 cm³/mol. The molecule has 0 bridgehead atoms. The van der Waals surface area contributed by atoms with Gasteiger partial charge in [0.15, 0.2) is 0 Å². The molecule has 0 fully saturated rings. The number of amides is 1. The number of nitrogens with one attached hydrogen (secondary N) is 1. The lowest BCUT2D eigenvalue weighted by atomic mass is 10.1. The van der Waals surface area contributed by atoms with Crippen molar-refractivity contribution in [2.75, 3.05) is 6.54 Å². The highest BCUT2D eigenvalue weighted by Crippen LogP contribution is 2.06. The number of hydrogen-bond donors (Lipinski definition) is 2. The molecule has 0 saturated heterocycles. The molecule has 0 aliphatic rings. The van der Waals surface area contributed by atoms with E-state index in [1.807, 2.05) is 13.0 Å². The summed E-state index contributed by atoms with van der Waals surface area (Å²) in [5, 5.41) is 11.7. The van der Waals surface area contributed by atoms with Crippen LogP contribution in [0.4, 0.5) is 0 Å². The van der Waals surface area contributed by atoms with Crippen molar-refractivity contribution in [1.29, 1.82) is 0 Å². The molecule has 0 radical (unpaired) electrons. The average molecular weight is 284 g/mol. The minimum atomic E-state index is -0.951. The quantitative estimate of drug-likeness (QED) is 0.880. The van der Waals surface area contributed by atoms with Crippen molar-refractivity contribution in [2.45, 2.75) is 13.3 Å². The highest BCUT2D eigenvalue weighted by molar-refractivity contribution is 5.94. The van der Waals surface area contributed by atoms with Crippen LogP contribution in [0.1, 0.15) is 32.0 Å². The van der Waals surface area contributed by atoms with Crippen LogP contribution in [0.2, 0.25) is 0 Å². The van der Waals surface area contributed by atoms with Crippen LogP contribution in [0.3, 0.4) is 0 Å². The van der Waals surface area contributed by atoms with Gasteiger partial charge in [0.25, 0.3) is 5.91 Å². The third-order valence-corrected chi connectivity index (χ3v) is 3.03. The summed E-state index contributed by atoms with van der Waals surface area (Å²) in [6.07, 6.45) is 2.18. The smallest absolute Gasteiger partial charge is 0.335 e. The molecule has 2 rings (SSSR count). The summed E-state index contributed by atoms with van der Waals surface area (Å²) in [5.41, 5.74) is 2.49. The predicted octanol–water partition coefficient (Wildman–Crippen LogP) is 2.06. The number of hydrogen-bond acceptors (Lipinski definition) is 3. The normalized spacial score (nSPS) is 10.1. The molecular weight excluding hydrogens is 268 g/mol. The molecule has 2 N–H and O–H groups in total. The molecule has 0 spiro atoms. The van der Waals surface area contributed by atoms with E-state index in [-0.39, 0.29) is 11.5 Å². The Bertz CT molecular complexity index is 668. The van der Waals surface area contributed by atoms with Crippen LogP contribution in [-0.2, 0) is 6.42 Å². The van der Waals surface area contributed by atoms with E-state index in [1.165, 1.54) is 0 Å². The minimum Gasteiger partial charge on any atom is -0.478 e. The number of carboxylic acid groups (broad SMARTS) is 1. The molecule has 21 heavy (non-hydrogen) atoms. The first-order valence-corrected chi connectivity index (χ1v) is 6.59. The van der Waals surface area contributed by atoms with Crippen molar-refractivity contribution in [2.24, 2.45) is 0 Å². The standard InChI is InChI=1S/C16H16N2O3/c1-11-9-13(6-8-17-11)15(19)18-7-5-12-3-2-4-14(10-12)16(20)21/h2-4,6,8-10H,5,7H2,1H3,(H,18,19)(H,20,21). The van der Waals surface area contributed by atoms with Crippen molar-refractivity contribution < 1.29 is 14.7 Å². The van der Waals surface area contributed by atoms with E-state index in [4.69, 9.17) is 5.11 Å². The SMILES string of the molecule is Cc1cc(C(=O)NCCc2cccc(C(=O)O)c2)ccn1. The molecule has 5 nitrogen and oxygen atoms in total. The third kappa shape index (κ3) is 4.14. The van der Waals surface area contributed by atoms with Crippen LogP contribution in [0, 0.1) is 6.92 Å². The van der Waals surface area contributed by atoms with E-state index < -0.39 is 5.97 Å². The molecule has 0 aliphatic carbocycles. The Kier molecular flexibility index (Phi) is 4.66. The second-order valence-electron chi connectivity index (χ2n) is 4.70. The number of aromatic carboxylic acids is 1. The number of nitrogens with zero attached hydrogens (tertiary/aromatic N) is 1. The maximum Gasteiger partial charge on any atom is 0.335 e. The summed E-state index contributed by atoms with van der Waals surface area (Å²) in [6.45, 7) is 2.28. The maximum absolute atomic E-state index is 11.9. The number of carbonyl (C=O) groups excluding carboxylic acids is 1. The zero-order valence-electron chi connectivity index (χ0n) is 11.7. The van der Waals surface area contributed by atoms with E-state index in [0.717, 1.165) is 11.3 Å². The first-order valence-electron chi connectivity index (χ1n) is 6.59. The number of rotatable bonds is 5. The minimum absolute atomic E-state index is 0.158. The fourth-order valence-electron chi connectivity index (χ4n) is 1.97. The number of aromatic nitrogens is 1. The average Bonchev–Trinajstić information content (AvgIpc) is 2.47. The number of carbonyl (C=O) groups is 2. The van der Waals surface area contributed by atoms with Crippen LogP contribution >= 0.6 is 0 Å². The van der Waals surface area contributed by atoms with Crippen molar-refractivity contribution in [3.8, 4) is 0 Å². The highest BCUT2D eigenvalue weighted by atomic mass is 16.4. The number of carboxylic acids is 1. The van der Waals surface area contributed by atoms with E-state index >= 15 is 0 Å². The summed E-state index contributed by atoms with van der Waals surface area (Å²) in [4.78, 5) is 26.8. The molecule has 0 aliphatic heterocycles. The Labute approximate surface area is 122 Å². The van der Waals surface area contributed by atoms with E-state index in [1.54, 1.807) is 36.5 Å². The van der Waals surface area contributed by atoms with Crippen LogP contribution in [-0.4, -0.2) is 28.5 Å². The molecule has 1 aromatic heterocycles. The van der Waals surface area contributed by atoms with Gasteiger partial charge < -0.3 is 10.4 Å². The molecule has 0 saturated carbocycles. The number of pyridine rings is 1. The van der Waals surface area contributed by atoms with E-state index in [9.17, 15) is 9.59 Å². The Morgan fingerprint density at radius 2 is 2.00 bits per heavy atom. The lowest BCUT2D eigenvalue weighted by Crippen LogP contribution is -2.25. The van der Waals surface area contributed by atoms with Crippen LogP contribution in [0.15, 0.2) is 42.6 Å². The van der Waals surface area contributed by atoms with E-state index in [0.29, 0.717) is 18.5 Å². The lowest BCUT2D eigenvalue weighted by molar-refractivity contribution is 0.0696. The van der Waals surface area contributed by atoms with Gasteiger partial charge in [0, 0.05) is 24.0 Å². The summed E-state index contributed by atoms with van der Waals surface area (Å²) in [7, 11) is 0. The van der Waals surface area contributed by atoms with Gasteiger partial charge in [-0.25, -0.2) is 4.79 Å². The molecule has 5 heteroatoms. The molecule has 0 atom stereocenters. The van der Waals surface area contributed by atoms with Crippen molar-refractivity contribution in [3.05, 3.63) is 65.0 Å². The van der Waals surface area contributed by atoms with Crippen molar-refractivity contribution in [1.82, 2.24) is 10.3 Å². The summed E-state index contributed by atoms with van der Waals surface area (Å²) < 4.78 is 0. The zero-order chi connectivity index (χ0) is 15.2. The summed E-state index contributed by atoms with van der Waals surface area (Å²) >= 11 is 0. The Morgan fingerprint density at radius 1 is 1.19 bits per heavy atom. The lowest BCUT2D eigenvalue weighted by Gasteiger charge is -2.06. The zero-order valence-corrected chi connectivity index (χ0v) is 11.7. The van der Waals surface area contributed by atoms with Gasteiger partial charge in [0.1, 0.15) is 0 Å². The van der Waals surface area contributed by atoms with Gasteiger partial charge in [-0.05, 0) is 43.2 Å². The fourth-order valence-corrected chi connectivity index (χ4v) is 1.97. The molecule has 1 heterocycles. The molecule has 0 unspecified atom stereocenters. The van der Waals surface area contributed by atoms with E-state index in [2.05, 4.69) is 10.3 Å². The van der Waals surface area contributed by atoms with Gasteiger partial charge in [-0.2, -0.15) is 0 Å². The fraction of sp³-hybridized carbons (Fsp3) is 0.188. The Hall–Kier alpha value is -2.69. The van der Waals surface area contributed by atoms with Gasteiger partial charge in [0.05, 0.1) is 5.56 Å². The molecular formula is C16H16N2O3. The summed E-state index contributed by atoms with van der Waals surface area (Å²) in [6, 6.07) is 10.1. The van der Waals surface area contributed by atoms with Gasteiger partial charge in [-0.15, -0.1) is 0 Å². The van der Waals surface area contributed by atoms with Gasteiger partial charge >= 0.3 is 5.97 Å². The topological polar surface area (TPSA) is 79.3 Å². The number of benzene rings is 1. The largest absolute Gasteiger partial charge is 0.478 e. The molecule has 2 aromatic rings. The monoisotopic (exact) mass is 284 g/mol. The Morgan fingerprint density at radius 3 is 2.71 bits per heavy atom. The highest BCUT2D eigenvalue weighted by Gasteiger charge is 2.06. The summed E-state index contributed by atoms with van der Waals surface area (Å²) in [5.74, 6) is -1.11. The molecule has 1 aromatic carbocycles. The van der Waals surface area contributed by atoms with Gasteiger partial charge in [-0.1, -0.05) is 12.1 Å². The second-order valence-corrected chi connectivity index (χ2v) is 4.70. The van der Waals surface area contributed by atoms with Gasteiger partial charge in [-0.3, -0.25) is 9.78 Å². The first-order chi connectivity index (χ1) is 10.1. The maximum atomic E-state index is 11.9. The van der Waals surface area contributed by atoms with Crippen molar-refractivity contribution >= 4 is 11.9 Å². The van der Waals surface area contributed by atoms with Gasteiger partial charge in [0.2, 0.25) is 0 Å². The molecule has 108 valence electrons.